The van der Waals surface area contributed by atoms with Gasteiger partial charge < -0.3 is 8.98 Å². The van der Waals surface area contributed by atoms with Gasteiger partial charge in [-0.3, -0.25) is 0 Å². The standard InChI is InChI=1S/C40H24N4O2/c45-40-32-19-11-10-18-29(32)31-22-21-30-33-24-27(20-23-34(33)44(35(30)36(31)46-40)28-16-8-3-9-17-28)39-42-37(25-12-4-1-5-13-25)41-38(43-39)26-14-6-2-7-15-26/h1-24H. The molecule has 9 rings (SSSR count). The third-order valence-electron chi connectivity index (χ3n) is 8.49. The van der Waals surface area contributed by atoms with E-state index in [-0.39, 0.29) is 5.63 Å². The van der Waals surface area contributed by atoms with E-state index >= 15 is 0 Å². The molecule has 0 aliphatic heterocycles. The summed E-state index contributed by atoms with van der Waals surface area (Å²) in [6, 6.07) is 48.1. The second-order valence-electron chi connectivity index (χ2n) is 11.2. The fourth-order valence-corrected chi connectivity index (χ4v) is 6.36. The van der Waals surface area contributed by atoms with Gasteiger partial charge in [0.25, 0.3) is 0 Å². The fraction of sp³-hybridized carbons (Fsp3) is 0. The van der Waals surface area contributed by atoms with E-state index in [1.54, 1.807) is 0 Å². The van der Waals surface area contributed by atoms with Crippen molar-refractivity contribution in [1.29, 1.82) is 0 Å². The summed E-state index contributed by atoms with van der Waals surface area (Å²) < 4.78 is 8.29. The highest BCUT2D eigenvalue weighted by Crippen LogP contribution is 2.39. The molecule has 6 heteroatoms. The monoisotopic (exact) mass is 592 g/mol. The number of fused-ring (bicyclic) bond motifs is 7. The zero-order chi connectivity index (χ0) is 30.6. The van der Waals surface area contributed by atoms with Gasteiger partial charge in [-0.1, -0.05) is 103 Å². The SMILES string of the molecule is O=c1oc2c(ccc3c4cc(-c5nc(-c6ccccc6)nc(-c6ccccc6)n5)ccc4n(-c4ccccc4)c32)c2ccccc12. The molecule has 0 aliphatic carbocycles. The van der Waals surface area contributed by atoms with Crippen LogP contribution in [0.3, 0.4) is 0 Å². The maximum atomic E-state index is 13.2. The van der Waals surface area contributed by atoms with Crippen LogP contribution >= 0.6 is 0 Å². The van der Waals surface area contributed by atoms with Crippen LogP contribution in [0, 0.1) is 0 Å². The lowest BCUT2D eigenvalue weighted by Crippen LogP contribution is -2.01. The van der Waals surface area contributed by atoms with Crippen molar-refractivity contribution < 1.29 is 4.42 Å². The predicted molar refractivity (Wildman–Crippen MR) is 184 cm³/mol. The number of aromatic nitrogens is 4. The van der Waals surface area contributed by atoms with Crippen LogP contribution in [-0.2, 0) is 0 Å². The van der Waals surface area contributed by atoms with E-state index in [0.717, 1.165) is 55.0 Å². The molecule has 6 aromatic carbocycles. The molecule has 0 fully saturated rings. The van der Waals surface area contributed by atoms with Gasteiger partial charge >= 0.3 is 5.63 Å². The number of rotatable bonds is 4. The highest BCUT2D eigenvalue weighted by atomic mass is 16.4. The molecule has 0 atom stereocenters. The summed E-state index contributed by atoms with van der Waals surface area (Å²) in [6.45, 7) is 0. The smallest absolute Gasteiger partial charge is 0.344 e. The Hall–Kier alpha value is -6.40. The van der Waals surface area contributed by atoms with Crippen molar-refractivity contribution in [2.24, 2.45) is 0 Å². The molecule has 46 heavy (non-hydrogen) atoms. The number of hydrogen-bond donors (Lipinski definition) is 0. The van der Waals surface area contributed by atoms with Gasteiger partial charge in [-0.15, -0.1) is 0 Å². The summed E-state index contributed by atoms with van der Waals surface area (Å²) in [5, 5.41) is 4.29. The summed E-state index contributed by atoms with van der Waals surface area (Å²) >= 11 is 0. The first-order chi connectivity index (χ1) is 22.7. The molecule has 6 nitrogen and oxygen atoms in total. The Bertz CT molecular complexity index is 2590. The van der Waals surface area contributed by atoms with Crippen LogP contribution in [0.2, 0.25) is 0 Å². The zero-order valence-electron chi connectivity index (χ0n) is 24.5. The lowest BCUT2D eigenvalue weighted by molar-refractivity contribution is 0.572. The Balaban J connectivity index is 1.35. The summed E-state index contributed by atoms with van der Waals surface area (Å²) in [5.41, 5.74) is 5.68. The van der Waals surface area contributed by atoms with Crippen molar-refractivity contribution in [3.63, 3.8) is 0 Å². The van der Waals surface area contributed by atoms with Gasteiger partial charge in [0.2, 0.25) is 0 Å². The predicted octanol–water partition coefficient (Wildman–Crippen LogP) is 9.23. The fourth-order valence-electron chi connectivity index (χ4n) is 6.36. The maximum absolute atomic E-state index is 13.2. The van der Waals surface area contributed by atoms with E-state index in [1.165, 1.54) is 0 Å². The molecule has 0 saturated heterocycles. The molecule has 9 aromatic rings. The summed E-state index contributed by atoms with van der Waals surface area (Å²) in [7, 11) is 0. The normalized spacial score (nSPS) is 11.6. The average Bonchev–Trinajstić information content (AvgIpc) is 3.47. The molecule has 0 bridgehead atoms. The van der Waals surface area contributed by atoms with Crippen LogP contribution < -0.4 is 5.63 Å². The average molecular weight is 593 g/mol. The van der Waals surface area contributed by atoms with Crippen LogP contribution in [0.25, 0.3) is 83.4 Å². The van der Waals surface area contributed by atoms with Gasteiger partial charge in [0, 0.05) is 38.5 Å². The first kappa shape index (κ1) is 26.0. The minimum Gasteiger partial charge on any atom is -0.420 e. The lowest BCUT2D eigenvalue weighted by atomic mass is 10.0. The molecule has 0 amide bonds. The minimum atomic E-state index is -0.353. The Morgan fingerprint density at radius 1 is 0.457 bits per heavy atom. The van der Waals surface area contributed by atoms with Gasteiger partial charge in [0.1, 0.15) is 0 Å². The minimum absolute atomic E-state index is 0.353. The maximum Gasteiger partial charge on any atom is 0.344 e. The van der Waals surface area contributed by atoms with Crippen LogP contribution in [0.1, 0.15) is 0 Å². The van der Waals surface area contributed by atoms with E-state index in [1.807, 2.05) is 115 Å². The molecule has 216 valence electrons. The van der Waals surface area contributed by atoms with Gasteiger partial charge in [-0.25, -0.2) is 19.7 Å². The molecule has 0 radical (unpaired) electrons. The number of benzene rings is 6. The molecular formula is C40H24N4O2. The Kier molecular flexibility index (Phi) is 5.86. The summed E-state index contributed by atoms with van der Waals surface area (Å²) in [6.07, 6.45) is 0. The quantitative estimate of drug-likeness (QED) is 0.150. The van der Waals surface area contributed by atoms with Crippen LogP contribution in [0.15, 0.2) is 155 Å². The van der Waals surface area contributed by atoms with E-state index < -0.39 is 0 Å². The Labute approximate surface area is 262 Å². The Morgan fingerprint density at radius 2 is 1.00 bits per heavy atom. The van der Waals surface area contributed by atoms with Crippen molar-refractivity contribution >= 4 is 43.5 Å². The number of para-hydroxylation sites is 1. The lowest BCUT2D eigenvalue weighted by Gasteiger charge is -2.10. The van der Waals surface area contributed by atoms with Gasteiger partial charge in [0.05, 0.1) is 16.4 Å². The molecule has 0 N–H and O–H groups in total. The van der Waals surface area contributed by atoms with Crippen LogP contribution in [0.5, 0.6) is 0 Å². The second kappa shape index (κ2) is 10.4. The number of hydrogen-bond acceptors (Lipinski definition) is 5. The van der Waals surface area contributed by atoms with Gasteiger partial charge in [0.15, 0.2) is 23.1 Å². The van der Waals surface area contributed by atoms with Crippen molar-refractivity contribution in [2.45, 2.75) is 0 Å². The summed E-state index contributed by atoms with van der Waals surface area (Å²) in [5.74, 6) is 1.79. The number of nitrogens with zero attached hydrogens (tertiary/aromatic N) is 4. The third kappa shape index (κ3) is 4.12. The third-order valence-corrected chi connectivity index (χ3v) is 8.49. The van der Waals surface area contributed by atoms with Crippen molar-refractivity contribution in [1.82, 2.24) is 19.5 Å². The molecule has 3 aromatic heterocycles. The molecule has 0 aliphatic rings. The molecule has 0 saturated carbocycles. The zero-order valence-corrected chi connectivity index (χ0v) is 24.5. The van der Waals surface area contributed by atoms with Gasteiger partial charge in [-0.2, -0.15) is 0 Å². The molecule has 0 unspecified atom stereocenters. The van der Waals surface area contributed by atoms with E-state index in [9.17, 15) is 4.79 Å². The molecule has 0 spiro atoms. The molecule has 3 heterocycles. The first-order valence-electron chi connectivity index (χ1n) is 15.1. The van der Waals surface area contributed by atoms with Crippen molar-refractivity contribution in [2.75, 3.05) is 0 Å². The van der Waals surface area contributed by atoms with Gasteiger partial charge in [-0.05, 0) is 47.9 Å². The van der Waals surface area contributed by atoms with E-state index in [4.69, 9.17) is 19.4 Å². The van der Waals surface area contributed by atoms with E-state index in [0.29, 0.717) is 28.4 Å². The Morgan fingerprint density at radius 3 is 1.65 bits per heavy atom. The van der Waals surface area contributed by atoms with E-state index in [2.05, 4.69) is 34.9 Å². The summed E-state index contributed by atoms with van der Waals surface area (Å²) in [4.78, 5) is 28.0. The van der Waals surface area contributed by atoms with Crippen molar-refractivity contribution in [3.05, 3.63) is 156 Å². The highest BCUT2D eigenvalue weighted by molar-refractivity contribution is 6.21. The molecular weight excluding hydrogens is 568 g/mol. The highest BCUT2D eigenvalue weighted by Gasteiger charge is 2.20. The van der Waals surface area contributed by atoms with Crippen LogP contribution in [-0.4, -0.2) is 19.5 Å². The second-order valence-corrected chi connectivity index (χ2v) is 11.2. The van der Waals surface area contributed by atoms with Crippen molar-refractivity contribution in [3.8, 4) is 39.9 Å². The van der Waals surface area contributed by atoms with Crippen LogP contribution in [0.4, 0.5) is 0 Å². The first-order valence-corrected chi connectivity index (χ1v) is 15.1. The largest absolute Gasteiger partial charge is 0.420 e. The topological polar surface area (TPSA) is 73.8 Å².